The van der Waals surface area contributed by atoms with Gasteiger partial charge in [-0.15, -0.1) is 0 Å². The summed E-state index contributed by atoms with van der Waals surface area (Å²) in [6.07, 6.45) is 1.87. The van der Waals surface area contributed by atoms with Crippen LogP contribution in [-0.2, 0) is 19.0 Å². The van der Waals surface area contributed by atoms with Gasteiger partial charge >= 0.3 is 6.09 Å². The molecular formula is C16H27NO5. The molecule has 1 unspecified atom stereocenters. The molecule has 0 saturated carbocycles. The van der Waals surface area contributed by atoms with Crippen LogP contribution in [0, 0.1) is 5.92 Å². The zero-order chi connectivity index (χ0) is 16.2. The van der Waals surface area contributed by atoms with Crippen molar-refractivity contribution in [2.75, 3.05) is 33.0 Å². The summed E-state index contributed by atoms with van der Waals surface area (Å²) < 4.78 is 16.1. The molecule has 1 amide bonds. The Morgan fingerprint density at radius 1 is 1.14 bits per heavy atom. The second-order valence-electron chi connectivity index (χ2n) is 6.99. The Morgan fingerprint density at radius 3 is 2.45 bits per heavy atom. The Labute approximate surface area is 132 Å². The van der Waals surface area contributed by atoms with Gasteiger partial charge in [0, 0.05) is 26.2 Å². The van der Waals surface area contributed by atoms with Crippen LogP contribution in [0.4, 0.5) is 4.79 Å². The minimum absolute atomic E-state index is 0.0671. The molecule has 1 atom stereocenters. The van der Waals surface area contributed by atoms with E-state index in [-0.39, 0.29) is 12.4 Å². The molecule has 0 aliphatic carbocycles. The van der Waals surface area contributed by atoms with Crippen LogP contribution in [0.5, 0.6) is 0 Å². The summed E-state index contributed by atoms with van der Waals surface area (Å²) in [5, 5.41) is 0. The first-order valence-corrected chi connectivity index (χ1v) is 8.04. The molecule has 0 spiro atoms. The number of ether oxygens (including phenoxy) is 3. The predicted molar refractivity (Wildman–Crippen MR) is 80.7 cm³/mol. The molecule has 0 radical (unpaired) electrons. The van der Waals surface area contributed by atoms with Gasteiger partial charge in [-0.2, -0.15) is 0 Å². The van der Waals surface area contributed by atoms with E-state index in [0.717, 1.165) is 26.1 Å². The van der Waals surface area contributed by atoms with Gasteiger partial charge in [0.2, 0.25) is 0 Å². The molecule has 6 heteroatoms. The highest BCUT2D eigenvalue weighted by Crippen LogP contribution is 2.22. The van der Waals surface area contributed by atoms with Crippen LogP contribution < -0.4 is 0 Å². The third kappa shape index (κ3) is 4.95. The molecule has 0 N–H and O–H groups in total. The highest BCUT2D eigenvalue weighted by molar-refractivity contribution is 5.88. The second-order valence-corrected chi connectivity index (χ2v) is 6.99. The van der Waals surface area contributed by atoms with E-state index >= 15 is 0 Å². The number of morpholine rings is 1. The van der Waals surface area contributed by atoms with Gasteiger partial charge < -0.3 is 14.2 Å². The van der Waals surface area contributed by atoms with Crippen LogP contribution in [0.25, 0.3) is 0 Å². The number of Topliss-reactive ketones (excluding diaryl/α,β-unsaturated/α-hetero) is 1. The van der Waals surface area contributed by atoms with E-state index in [9.17, 15) is 9.59 Å². The second kappa shape index (κ2) is 7.42. The Morgan fingerprint density at radius 2 is 1.82 bits per heavy atom. The number of nitrogens with zero attached hydrogens (tertiary/aromatic N) is 1. The molecule has 2 fully saturated rings. The van der Waals surface area contributed by atoms with Gasteiger partial charge in [0.1, 0.15) is 11.6 Å². The average molecular weight is 313 g/mol. The summed E-state index contributed by atoms with van der Waals surface area (Å²) in [6, 6.07) is -0.522. The first-order chi connectivity index (χ1) is 10.4. The Hall–Kier alpha value is -1.14. The highest BCUT2D eigenvalue weighted by atomic mass is 16.6. The first kappa shape index (κ1) is 17.2. The van der Waals surface area contributed by atoms with E-state index in [0.29, 0.717) is 25.5 Å². The van der Waals surface area contributed by atoms with E-state index < -0.39 is 17.7 Å². The van der Waals surface area contributed by atoms with Gasteiger partial charge in [0.05, 0.1) is 13.2 Å². The normalized spacial score (nSPS) is 24.1. The van der Waals surface area contributed by atoms with Crippen molar-refractivity contribution in [3.05, 3.63) is 0 Å². The smallest absolute Gasteiger partial charge is 0.411 e. The van der Waals surface area contributed by atoms with E-state index in [1.165, 1.54) is 4.90 Å². The predicted octanol–water partition coefficient (Wildman–Crippen LogP) is 2.01. The summed E-state index contributed by atoms with van der Waals surface area (Å²) in [5.41, 5.74) is -0.566. The van der Waals surface area contributed by atoms with Crippen LogP contribution in [0.3, 0.4) is 0 Å². The molecule has 2 heterocycles. The third-order valence-corrected chi connectivity index (χ3v) is 3.96. The standard InChI is InChI=1S/C16H27NO5/c1-16(2,3)22-15(19)17-6-9-21-11-13(17)14(18)10-12-4-7-20-8-5-12/h12-13H,4-11H2,1-3H3. The van der Waals surface area contributed by atoms with Crippen molar-refractivity contribution in [1.29, 1.82) is 0 Å². The zero-order valence-corrected chi connectivity index (χ0v) is 13.8. The number of carbonyl (C=O) groups is 2. The molecule has 0 aromatic rings. The SMILES string of the molecule is CC(C)(C)OC(=O)N1CCOCC1C(=O)CC1CCOCC1. The topological polar surface area (TPSA) is 65.1 Å². The number of ketones is 1. The summed E-state index contributed by atoms with van der Waals surface area (Å²) >= 11 is 0. The lowest BCUT2D eigenvalue weighted by Gasteiger charge is -2.36. The van der Waals surface area contributed by atoms with Crippen molar-refractivity contribution in [3.8, 4) is 0 Å². The molecule has 2 aliphatic heterocycles. The monoisotopic (exact) mass is 313 g/mol. The van der Waals surface area contributed by atoms with Gasteiger partial charge in [-0.05, 0) is 39.5 Å². The molecule has 0 aromatic carbocycles. The summed E-state index contributed by atoms with van der Waals surface area (Å²) in [4.78, 5) is 26.4. The van der Waals surface area contributed by atoms with E-state index in [2.05, 4.69) is 0 Å². The maximum atomic E-state index is 12.6. The molecule has 6 nitrogen and oxygen atoms in total. The molecule has 2 aliphatic rings. The Kier molecular flexibility index (Phi) is 5.81. The summed E-state index contributed by atoms with van der Waals surface area (Å²) in [7, 11) is 0. The maximum Gasteiger partial charge on any atom is 0.411 e. The average Bonchev–Trinajstić information content (AvgIpc) is 2.46. The number of carbonyl (C=O) groups excluding carboxylic acids is 2. The summed E-state index contributed by atoms with van der Waals surface area (Å²) in [6.45, 7) is 8.02. The number of hydrogen-bond donors (Lipinski definition) is 0. The largest absolute Gasteiger partial charge is 0.444 e. The lowest BCUT2D eigenvalue weighted by molar-refractivity contribution is -0.131. The van der Waals surface area contributed by atoms with Crippen molar-refractivity contribution >= 4 is 11.9 Å². The fourth-order valence-electron chi connectivity index (χ4n) is 2.78. The minimum Gasteiger partial charge on any atom is -0.444 e. The van der Waals surface area contributed by atoms with Gasteiger partial charge in [-0.3, -0.25) is 9.69 Å². The van der Waals surface area contributed by atoms with Crippen molar-refractivity contribution in [1.82, 2.24) is 4.90 Å². The van der Waals surface area contributed by atoms with Crippen LogP contribution in [-0.4, -0.2) is 61.4 Å². The lowest BCUT2D eigenvalue weighted by Crippen LogP contribution is -2.54. The molecule has 0 aromatic heterocycles. The number of amides is 1. The van der Waals surface area contributed by atoms with Gasteiger partial charge in [0.15, 0.2) is 5.78 Å². The number of rotatable bonds is 3. The third-order valence-electron chi connectivity index (χ3n) is 3.96. The highest BCUT2D eigenvalue weighted by Gasteiger charge is 2.36. The summed E-state index contributed by atoms with van der Waals surface area (Å²) in [5.74, 6) is 0.418. The van der Waals surface area contributed by atoms with Crippen LogP contribution >= 0.6 is 0 Å². The quantitative estimate of drug-likeness (QED) is 0.797. The van der Waals surface area contributed by atoms with Crippen molar-refractivity contribution in [3.63, 3.8) is 0 Å². The fraction of sp³-hybridized carbons (Fsp3) is 0.875. The minimum atomic E-state index is -0.566. The van der Waals surface area contributed by atoms with E-state index in [1.807, 2.05) is 20.8 Å². The molecule has 2 saturated heterocycles. The Bertz CT molecular complexity index is 398. The lowest BCUT2D eigenvalue weighted by atomic mass is 9.91. The fourth-order valence-corrected chi connectivity index (χ4v) is 2.78. The first-order valence-electron chi connectivity index (χ1n) is 8.04. The van der Waals surface area contributed by atoms with Crippen molar-refractivity contribution in [2.24, 2.45) is 5.92 Å². The van der Waals surface area contributed by atoms with Crippen LogP contribution in [0.15, 0.2) is 0 Å². The Balaban J connectivity index is 1.96. The van der Waals surface area contributed by atoms with E-state index in [1.54, 1.807) is 0 Å². The maximum absolute atomic E-state index is 12.6. The molecule has 2 rings (SSSR count). The zero-order valence-electron chi connectivity index (χ0n) is 13.8. The van der Waals surface area contributed by atoms with Gasteiger partial charge in [-0.25, -0.2) is 4.79 Å². The van der Waals surface area contributed by atoms with Crippen LogP contribution in [0.2, 0.25) is 0 Å². The molecule has 0 bridgehead atoms. The molecular weight excluding hydrogens is 286 g/mol. The van der Waals surface area contributed by atoms with Crippen molar-refractivity contribution < 1.29 is 23.8 Å². The van der Waals surface area contributed by atoms with Gasteiger partial charge in [0.25, 0.3) is 0 Å². The number of hydrogen-bond acceptors (Lipinski definition) is 5. The van der Waals surface area contributed by atoms with Crippen molar-refractivity contribution in [2.45, 2.75) is 51.7 Å². The molecule has 22 heavy (non-hydrogen) atoms. The molecule has 126 valence electrons. The van der Waals surface area contributed by atoms with E-state index in [4.69, 9.17) is 14.2 Å². The van der Waals surface area contributed by atoms with Gasteiger partial charge in [-0.1, -0.05) is 0 Å². The van der Waals surface area contributed by atoms with Crippen LogP contribution in [0.1, 0.15) is 40.0 Å².